The van der Waals surface area contributed by atoms with Crippen LogP contribution in [0.2, 0.25) is 0 Å². The van der Waals surface area contributed by atoms with Gasteiger partial charge in [0.1, 0.15) is 4.21 Å². The van der Waals surface area contributed by atoms with E-state index in [-0.39, 0.29) is 15.9 Å². The Bertz CT molecular complexity index is 639. The van der Waals surface area contributed by atoms with Crippen LogP contribution in [0.15, 0.2) is 15.7 Å². The first-order chi connectivity index (χ1) is 10.7. The van der Waals surface area contributed by atoms with Crippen molar-refractivity contribution >= 4 is 33.2 Å². The van der Waals surface area contributed by atoms with Crippen LogP contribution < -0.4 is 10.5 Å². The molecular formula is C13H20N2O6S2. The molecule has 1 aromatic heterocycles. The normalized spacial score (nSPS) is 11.5. The molecular weight excluding hydrogens is 344 g/mol. The van der Waals surface area contributed by atoms with Crippen molar-refractivity contribution in [3.05, 3.63) is 17.0 Å². The third-order valence-corrected chi connectivity index (χ3v) is 4.91. The minimum atomic E-state index is -3.85. The van der Waals surface area contributed by atoms with E-state index in [1.807, 2.05) is 13.8 Å². The van der Waals surface area contributed by atoms with E-state index in [2.05, 4.69) is 5.32 Å². The number of sulfonamides is 1. The van der Waals surface area contributed by atoms with Crippen LogP contribution in [0, 0.1) is 0 Å². The molecule has 0 saturated heterocycles. The summed E-state index contributed by atoms with van der Waals surface area (Å²) in [4.78, 5) is 23.2. The van der Waals surface area contributed by atoms with Gasteiger partial charge in [0.15, 0.2) is 6.61 Å². The molecule has 130 valence electrons. The Morgan fingerprint density at radius 1 is 1.39 bits per heavy atom. The van der Waals surface area contributed by atoms with Gasteiger partial charge in [-0.3, -0.25) is 4.79 Å². The highest BCUT2D eigenvalue weighted by atomic mass is 32.2. The third kappa shape index (κ3) is 7.55. The maximum Gasteiger partial charge on any atom is 0.339 e. The van der Waals surface area contributed by atoms with Gasteiger partial charge < -0.3 is 14.8 Å². The van der Waals surface area contributed by atoms with Gasteiger partial charge in [-0.05, 0) is 26.3 Å². The molecule has 0 spiro atoms. The van der Waals surface area contributed by atoms with Crippen molar-refractivity contribution < 1.29 is 27.5 Å². The summed E-state index contributed by atoms with van der Waals surface area (Å²) in [6.45, 7) is 4.35. The van der Waals surface area contributed by atoms with Crippen LogP contribution in [0.5, 0.6) is 0 Å². The van der Waals surface area contributed by atoms with E-state index in [1.165, 1.54) is 5.38 Å². The zero-order valence-electron chi connectivity index (χ0n) is 12.9. The molecule has 0 atom stereocenters. The largest absolute Gasteiger partial charge is 0.452 e. The van der Waals surface area contributed by atoms with Crippen molar-refractivity contribution in [3.63, 3.8) is 0 Å². The second kappa shape index (κ2) is 8.96. The molecule has 1 rings (SSSR count). The van der Waals surface area contributed by atoms with Gasteiger partial charge in [-0.2, -0.15) is 0 Å². The average Bonchev–Trinajstić information content (AvgIpc) is 2.94. The quantitative estimate of drug-likeness (QED) is 0.485. The lowest BCUT2D eigenvalue weighted by Crippen LogP contribution is -2.30. The van der Waals surface area contributed by atoms with E-state index in [0.29, 0.717) is 19.6 Å². The second-order valence-corrected chi connectivity index (χ2v) is 7.60. The first-order valence-corrected chi connectivity index (χ1v) is 9.29. The number of hydrogen-bond donors (Lipinski definition) is 2. The summed E-state index contributed by atoms with van der Waals surface area (Å²) in [7, 11) is -3.85. The van der Waals surface area contributed by atoms with E-state index in [4.69, 9.17) is 14.6 Å². The van der Waals surface area contributed by atoms with Gasteiger partial charge in [0.05, 0.1) is 11.7 Å². The van der Waals surface area contributed by atoms with Crippen LogP contribution in [-0.4, -0.2) is 46.2 Å². The van der Waals surface area contributed by atoms with Crippen molar-refractivity contribution in [2.75, 3.05) is 19.8 Å². The molecule has 0 fully saturated rings. The highest BCUT2D eigenvalue weighted by Crippen LogP contribution is 2.19. The molecule has 1 heterocycles. The minimum Gasteiger partial charge on any atom is -0.452 e. The van der Waals surface area contributed by atoms with Crippen molar-refractivity contribution in [1.29, 1.82) is 0 Å². The van der Waals surface area contributed by atoms with Crippen LogP contribution in [0.1, 0.15) is 30.6 Å². The molecule has 0 unspecified atom stereocenters. The number of nitrogens with one attached hydrogen (secondary N) is 1. The Hall–Kier alpha value is -1.49. The molecule has 0 aliphatic rings. The third-order valence-electron chi connectivity index (χ3n) is 2.52. The fourth-order valence-corrected chi connectivity index (χ4v) is 3.03. The summed E-state index contributed by atoms with van der Waals surface area (Å²) in [5.41, 5.74) is 0.0390. The van der Waals surface area contributed by atoms with E-state index in [1.54, 1.807) is 0 Å². The first kappa shape index (κ1) is 19.6. The topological polar surface area (TPSA) is 125 Å². The number of rotatable bonds is 9. The van der Waals surface area contributed by atoms with Crippen LogP contribution in [0.3, 0.4) is 0 Å². The fraction of sp³-hybridized carbons (Fsp3) is 0.538. The summed E-state index contributed by atoms with van der Waals surface area (Å²) in [5.74, 6) is -1.22. The molecule has 23 heavy (non-hydrogen) atoms. The molecule has 3 N–H and O–H groups in total. The smallest absolute Gasteiger partial charge is 0.339 e. The van der Waals surface area contributed by atoms with Gasteiger partial charge in [0, 0.05) is 18.5 Å². The average molecular weight is 364 g/mol. The summed E-state index contributed by atoms with van der Waals surface area (Å²) in [6.07, 6.45) is 0.791. The number of carbonyl (C=O) groups excluding carboxylic acids is 2. The van der Waals surface area contributed by atoms with Gasteiger partial charge in [0.25, 0.3) is 5.91 Å². The number of ether oxygens (including phenoxy) is 2. The Morgan fingerprint density at radius 3 is 2.65 bits per heavy atom. The van der Waals surface area contributed by atoms with Crippen molar-refractivity contribution in [2.45, 2.75) is 30.6 Å². The van der Waals surface area contributed by atoms with Gasteiger partial charge in [0.2, 0.25) is 10.0 Å². The molecule has 0 radical (unpaired) electrons. The van der Waals surface area contributed by atoms with Crippen molar-refractivity contribution in [1.82, 2.24) is 5.32 Å². The summed E-state index contributed by atoms with van der Waals surface area (Å²) >= 11 is 0.812. The lowest BCUT2D eigenvalue weighted by Gasteiger charge is -2.08. The van der Waals surface area contributed by atoms with Crippen LogP contribution in [0.4, 0.5) is 0 Å². The van der Waals surface area contributed by atoms with Crippen molar-refractivity contribution in [3.8, 4) is 0 Å². The molecule has 0 aromatic carbocycles. The number of amides is 1. The summed E-state index contributed by atoms with van der Waals surface area (Å²) < 4.78 is 32.2. The highest BCUT2D eigenvalue weighted by molar-refractivity contribution is 7.91. The molecule has 8 nitrogen and oxygen atoms in total. The maximum absolute atomic E-state index is 11.7. The number of carbonyl (C=O) groups is 2. The fourth-order valence-electron chi connectivity index (χ4n) is 1.46. The molecule has 0 aliphatic heterocycles. The van der Waals surface area contributed by atoms with Gasteiger partial charge in [-0.1, -0.05) is 0 Å². The monoisotopic (exact) mass is 364 g/mol. The zero-order chi connectivity index (χ0) is 17.5. The molecule has 1 aromatic rings. The Labute approximate surface area is 139 Å². The highest BCUT2D eigenvalue weighted by Gasteiger charge is 2.17. The van der Waals surface area contributed by atoms with Crippen molar-refractivity contribution in [2.24, 2.45) is 5.14 Å². The maximum atomic E-state index is 11.7. The lowest BCUT2D eigenvalue weighted by atomic mass is 10.3. The number of primary sulfonamides is 1. The number of thiophene rings is 1. The second-order valence-electron chi connectivity index (χ2n) is 4.90. The first-order valence-electron chi connectivity index (χ1n) is 6.87. The predicted octanol–water partition coefficient (Wildman–Crippen LogP) is 0.484. The number of nitrogens with two attached hydrogens (primary N) is 1. The summed E-state index contributed by atoms with van der Waals surface area (Å²) in [5, 5.41) is 8.84. The molecule has 1 amide bonds. The van der Waals surface area contributed by atoms with Crippen LogP contribution >= 0.6 is 11.3 Å². The Balaban J connectivity index is 2.30. The minimum absolute atomic E-state index is 0.0390. The standard InChI is InChI=1S/C13H20N2O6S2/c1-9(2)20-5-3-4-15-11(16)7-21-13(17)10-6-12(22-8-10)23(14,18)19/h6,8-9H,3-5,7H2,1-2H3,(H,15,16)(H2,14,18,19). The van der Waals surface area contributed by atoms with E-state index >= 15 is 0 Å². The van der Waals surface area contributed by atoms with E-state index < -0.39 is 28.5 Å². The summed E-state index contributed by atoms with van der Waals surface area (Å²) in [6, 6.07) is 1.11. The Morgan fingerprint density at radius 2 is 2.09 bits per heavy atom. The number of esters is 1. The van der Waals surface area contributed by atoms with Gasteiger partial charge >= 0.3 is 5.97 Å². The lowest BCUT2D eigenvalue weighted by molar-refractivity contribution is -0.124. The van der Waals surface area contributed by atoms with Crippen LogP contribution in [-0.2, 0) is 24.3 Å². The number of hydrogen-bond acceptors (Lipinski definition) is 7. The molecule has 0 aliphatic carbocycles. The molecule has 10 heteroatoms. The SMILES string of the molecule is CC(C)OCCCNC(=O)COC(=O)c1csc(S(N)(=O)=O)c1. The predicted molar refractivity (Wildman–Crippen MR) is 84.7 cm³/mol. The van der Waals surface area contributed by atoms with Crippen LogP contribution in [0.25, 0.3) is 0 Å². The molecule has 0 bridgehead atoms. The van der Waals surface area contributed by atoms with Gasteiger partial charge in [-0.25, -0.2) is 18.4 Å². The van der Waals surface area contributed by atoms with E-state index in [0.717, 1.165) is 17.4 Å². The Kier molecular flexibility index (Phi) is 7.62. The van der Waals surface area contributed by atoms with E-state index in [9.17, 15) is 18.0 Å². The zero-order valence-corrected chi connectivity index (χ0v) is 14.5. The van der Waals surface area contributed by atoms with Gasteiger partial charge in [-0.15, -0.1) is 11.3 Å². The molecule has 0 saturated carbocycles.